The molecular formula is C18H21N3O3. The molecule has 1 unspecified atom stereocenters. The van der Waals surface area contributed by atoms with Gasteiger partial charge in [0.15, 0.2) is 6.10 Å². The maximum Gasteiger partial charge on any atom is 0.321 e. The maximum absolute atomic E-state index is 12.2. The van der Waals surface area contributed by atoms with E-state index in [1.165, 1.54) is 4.90 Å². The van der Waals surface area contributed by atoms with E-state index in [1.807, 2.05) is 18.2 Å². The van der Waals surface area contributed by atoms with E-state index < -0.39 is 6.10 Å². The Morgan fingerprint density at radius 1 is 0.958 bits per heavy atom. The minimum absolute atomic E-state index is 0.237. The van der Waals surface area contributed by atoms with Crippen molar-refractivity contribution in [3.8, 4) is 5.75 Å². The lowest BCUT2D eigenvalue weighted by molar-refractivity contribution is -0.122. The second-order valence-corrected chi connectivity index (χ2v) is 5.47. The Labute approximate surface area is 141 Å². The van der Waals surface area contributed by atoms with Crippen LogP contribution in [-0.2, 0) is 4.79 Å². The van der Waals surface area contributed by atoms with Crippen molar-refractivity contribution in [1.29, 1.82) is 0 Å². The fourth-order valence-electron chi connectivity index (χ4n) is 1.91. The normalized spacial score (nSPS) is 11.3. The smallest absolute Gasteiger partial charge is 0.321 e. The number of ether oxygens (including phenoxy) is 1. The second kappa shape index (κ2) is 8.01. The van der Waals surface area contributed by atoms with Gasteiger partial charge in [0.1, 0.15) is 5.75 Å². The number of hydrogen-bond acceptors (Lipinski definition) is 3. The van der Waals surface area contributed by atoms with Crippen LogP contribution in [0.15, 0.2) is 54.6 Å². The lowest BCUT2D eigenvalue weighted by Crippen LogP contribution is -2.30. The molecule has 0 saturated carbocycles. The molecule has 24 heavy (non-hydrogen) atoms. The number of para-hydroxylation sites is 1. The lowest BCUT2D eigenvalue weighted by atomic mass is 10.2. The van der Waals surface area contributed by atoms with Crippen molar-refractivity contribution in [1.82, 2.24) is 4.90 Å². The van der Waals surface area contributed by atoms with Crippen LogP contribution >= 0.6 is 0 Å². The van der Waals surface area contributed by atoms with Crippen molar-refractivity contribution in [3.63, 3.8) is 0 Å². The summed E-state index contributed by atoms with van der Waals surface area (Å²) in [7, 11) is 3.31. The first-order valence-electron chi connectivity index (χ1n) is 7.56. The average Bonchev–Trinajstić information content (AvgIpc) is 2.56. The summed E-state index contributed by atoms with van der Waals surface area (Å²) in [4.78, 5) is 25.3. The summed E-state index contributed by atoms with van der Waals surface area (Å²) in [5, 5.41) is 5.50. The van der Waals surface area contributed by atoms with Crippen molar-refractivity contribution >= 4 is 23.3 Å². The Kier molecular flexibility index (Phi) is 5.78. The van der Waals surface area contributed by atoms with Crippen molar-refractivity contribution in [3.05, 3.63) is 54.6 Å². The number of anilines is 2. The number of amides is 3. The molecule has 6 heteroatoms. The second-order valence-electron chi connectivity index (χ2n) is 5.47. The van der Waals surface area contributed by atoms with Crippen LogP contribution in [0.2, 0.25) is 0 Å². The topological polar surface area (TPSA) is 70.7 Å². The van der Waals surface area contributed by atoms with Gasteiger partial charge in [0.2, 0.25) is 0 Å². The SMILES string of the molecule is CC(Oc1ccccc1)C(=O)Nc1cccc(NC(=O)N(C)C)c1. The standard InChI is InChI=1S/C18H21N3O3/c1-13(24-16-10-5-4-6-11-16)17(22)19-14-8-7-9-15(12-14)20-18(23)21(2)3/h4-13H,1-3H3,(H,19,22)(H,20,23). The van der Waals surface area contributed by atoms with Gasteiger partial charge < -0.3 is 20.3 Å². The Balaban J connectivity index is 1.97. The lowest BCUT2D eigenvalue weighted by Gasteiger charge is -2.16. The number of benzene rings is 2. The Morgan fingerprint density at radius 3 is 2.21 bits per heavy atom. The summed E-state index contributed by atoms with van der Waals surface area (Å²) in [6, 6.07) is 15.9. The third kappa shape index (κ3) is 5.01. The number of urea groups is 1. The predicted molar refractivity (Wildman–Crippen MR) is 94.3 cm³/mol. The van der Waals surface area contributed by atoms with Crippen LogP contribution in [0.1, 0.15) is 6.92 Å². The molecule has 0 aliphatic rings. The van der Waals surface area contributed by atoms with Gasteiger partial charge in [-0.2, -0.15) is 0 Å². The molecule has 2 aromatic rings. The van der Waals surface area contributed by atoms with Gasteiger partial charge in [0.25, 0.3) is 5.91 Å². The van der Waals surface area contributed by atoms with E-state index in [0.717, 1.165) is 0 Å². The van der Waals surface area contributed by atoms with E-state index in [-0.39, 0.29) is 11.9 Å². The van der Waals surface area contributed by atoms with E-state index in [1.54, 1.807) is 57.4 Å². The number of hydrogen-bond donors (Lipinski definition) is 2. The molecule has 0 aromatic heterocycles. The number of nitrogens with zero attached hydrogens (tertiary/aromatic N) is 1. The van der Waals surface area contributed by atoms with Crippen molar-refractivity contribution in [2.75, 3.05) is 24.7 Å². The molecule has 126 valence electrons. The van der Waals surface area contributed by atoms with Gasteiger partial charge in [0.05, 0.1) is 0 Å². The molecule has 3 amide bonds. The highest BCUT2D eigenvalue weighted by atomic mass is 16.5. The van der Waals surface area contributed by atoms with Gasteiger partial charge in [-0.05, 0) is 37.3 Å². The van der Waals surface area contributed by atoms with Crippen LogP contribution in [0.25, 0.3) is 0 Å². The minimum atomic E-state index is -0.646. The molecule has 0 aliphatic carbocycles. The highest BCUT2D eigenvalue weighted by Gasteiger charge is 2.15. The molecule has 0 saturated heterocycles. The van der Waals surface area contributed by atoms with E-state index in [4.69, 9.17) is 4.74 Å². The first kappa shape index (κ1) is 17.3. The zero-order valence-electron chi connectivity index (χ0n) is 13.9. The Morgan fingerprint density at radius 2 is 1.58 bits per heavy atom. The summed E-state index contributed by atoms with van der Waals surface area (Å²) < 4.78 is 5.59. The highest BCUT2D eigenvalue weighted by Crippen LogP contribution is 2.17. The molecule has 0 heterocycles. The van der Waals surface area contributed by atoms with Crippen LogP contribution in [-0.4, -0.2) is 37.0 Å². The number of nitrogens with one attached hydrogen (secondary N) is 2. The van der Waals surface area contributed by atoms with Crippen LogP contribution in [0.4, 0.5) is 16.2 Å². The van der Waals surface area contributed by atoms with E-state index in [2.05, 4.69) is 10.6 Å². The fourth-order valence-corrected chi connectivity index (χ4v) is 1.91. The molecular weight excluding hydrogens is 306 g/mol. The first-order valence-corrected chi connectivity index (χ1v) is 7.56. The molecule has 2 N–H and O–H groups in total. The van der Waals surface area contributed by atoms with Gasteiger partial charge in [0, 0.05) is 25.5 Å². The van der Waals surface area contributed by atoms with Crippen molar-refractivity contribution in [2.24, 2.45) is 0 Å². The number of carbonyl (C=O) groups is 2. The quantitative estimate of drug-likeness (QED) is 0.886. The molecule has 1 atom stereocenters. The van der Waals surface area contributed by atoms with Crippen LogP contribution in [0, 0.1) is 0 Å². The van der Waals surface area contributed by atoms with Gasteiger partial charge in [-0.25, -0.2) is 4.79 Å². The molecule has 2 aromatic carbocycles. The van der Waals surface area contributed by atoms with E-state index in [0.29, 0.717) is 17.1 Å². The monoisotopic (exact) mass is 327 g/mol. The minimum Gasteiger partial charge on any atom is -0.481 e. The third-order valence-corrected chi connectivity index (χ3v) is 3.21. The summed E-state index contributed by atoms with van der Waals surface area (Å²) >= 11 is 0. The Bertz CT molecular complexity index is 702. The first-order chi connectivity index (χ1) is 11.5. The fraction of sp³-hybridized carbons (Fsp3) is 0.222. The molecule has 6 nitrogen and oxygen atoms in total. The number of carbonyl (C=O) groups excluding carboxylic acids is 2. The van der Waals surface area contributed by atoms with Gasteiger partial charge >= 0.3 is 6.03 Å². The number of rotatable bonds is 5. The van der Waals surface area contributed by atoms with Gasteiger partial charge in [-0.15, -0.1) is 0 Å². The molecule has 0 radical (unpaired) electrons. The maximum atomic E-state index is 12.2. The zero-order chi connectivity index (χ0) is 17.5. The summed E-state index contributed by atoms with van der Waals surface area (Å²) in [6.07, 6.45) is -0.646. The average molecular weight is 327 g/mol. The molecule has 0 spiro atoms. The van der Waals surface area contributed by atoms with Crippen LogP contribution in [0.3, 0.4) is 0 Å². The van der Waals surface area contributed by atoms with E-state index >= 15 is 0 Å². The molecule has 0 fully saturated rings. The molecule has 0 bridgehead atoms. The third-order valence-electron chi connectivity index (χ3n) is 3.21. The Hall–Kier alpha value is -3.02. The van der Waals surface area contributed by atoms with E-state index in [9.17, 15) is 9.59 Å². The van der Waals surface area contributed by atoms with Crippen molar-refractivity contribution < 1.29 is 14.3 Å². The molecule has 2 rings (SSSR count). The summed E-state index contributed by atoms with van der Waals surface area (Å²) in [5.74, 6) is 0.363. The van der Waals surface area contributed by atoms with Crippen LogP contribution < -0.4 is 15.4 Å². The molecule has 0 aliphatic heterocycles. The zero-order valence-corrected chi connectivity index (χ0v) is 13.9. The van der Waals surface area contributed by atoms with Crippen LogP contribution in [0.5, 0.6) is 5.75 Å². The van der Waals surface area contributed by atoms with Crippen molar-refractivity contribution in [2.45, 2.75) is 13.0 Å². The van der Waals surface area contributed by atoms with Gasteiger partial charge in [-0.3, -0.25) is 4.79 Å². The summed E-state index contributed by atoms with van der Waals surface area (Å²) in [6.45, 7) is 1.68. The van der Waals surface area contributed by atoms with Gasteiger partial charge in [-0.1, -0.05) is 24.3 Å². The highest BCUT2D eigenvalue weighted by molar-refractivity contribution is 5.95. The summed E-state index contributed by atoms with van der Waals surface area (Å²) in [5.41, 5.74) is 1.18. The predicted octanol–water partition coefficient (Wildman–Crippen LogP) is 3.19. The largest absolute Gasteiger partial charge is 0.481 e.